The van der Waals surface area contributed by atoms with Crippen molar-refractivity contribution in [1.29, 1.82) is 0 Å². The molecule has 0 saturated heterocycles. The van der Waals surface area contributed by atoms with Gasteiger partial charge in [-0.3, -0.25) is 0 Å². The summed E-state index contributed by atoms with van der Waals surface area (Å²) in [6.07, 6.45) is 3.31. The summed E-state index contributed by atoms with van der Waals surface area (Å²) in [5, 5.41) is 34.4. The van der Waals surface area contributed by atoms with Crippen molar-refractivity contribution in [1.82, 2.24) is 14.6 Å². The number of aliphatic hydroxyl groups excluding tert-OH is 3. The lowest BCUT2D eigenvalue weighted by atomic mass is 10.0. The third kappa shape index (κ3) is 2.21. The molecule has 0 spiro atoms. The molecule has 2 aromatic rings. The van der Waals surface area contributed by atoms with Crippen LogP contribution in [0.1, 0.15) is 0 Å². The summed E-state index contributed by atoms with van der Waals surface area (Å²) in [5.41, 5.74) is -0.538. The van der Waals surface area contributed by atoms with Crippen LogP contribution in [0.5, 0.6) is 0 Å². The molecule has 17 heavy (non-hydrogen) atoms. The Hall–Kier alpha value is -1.70. The van der Waals surface area contributed by atoms with Gasteiger partial charge in [-0.05, 0) is 6.07 Å². The van der Waals surface area contributed by atoms with Crippen LogP contribution < -0.4 is 5.32 Å². The second-order valence-electron chi connectivity index (χ2n) is 3.83. The van der Waals surface area contributed by atoms with Crippen LogP contribution in [-0.4, -0.2) is 55.3 Å². The van der Waals surface area contributed by atoms with Crippen LogP contribution in [0.3, 0.4) is 0 Å². The van der Waals surface area contributed by atoms with Gasteiger partial charge in [0.2, 0.25) is 0 Å². The van der Waals surface area contributed by atoms with Gasteiger partial charge in [-0.1, -0.05) is 0 Å². The highest BCUT2D eigenvalue weighted by molar-refractivity contribution is 5.47. The summed E-state index contributed by atoms with van der Waals surface area (Å²) in [6, 6.07) is 3.37. The van der Waals surface area contributed by atoms with E-state index >= 15 is 0 Å². The molecule has 2 aromatic heterocycles. The molecule has 0 saturated carbocycles. The highest BCUT2D eigenvalue weighted by Gasteiger charge is 2.28. The van der Waals surface area contributed by atoms with Crippen molar-refractivity contribution in [2.45, 2.75) is 5.54 Å². The van der Waals surface area contributed by atoms with Crippen LogP contribution in [-0.2, 0) is 0 Å². The molecule has 0 aliphatic rings. The minimum atomic E-state index is -1.18. The lowest BCUT2D eigenvalue weighted by molar-refractivity contribution is 0.0831. The van der Waals surface area contributed by atoms with Crippen LogP contribution in [0.4, 0.5) is 5.82 Å². The molecule has 2 heterocycles. The van der Waals surface area contributed by atoms with E-state index in [-0.39, 0.29) is 0 Å². The molecule has 0 bridgehead atoms. The standard InChI is InChI=1S/C10H14N4O3/c15-5-10(6-16,7-17)13-8-2-4-14-9(12-8)1-3-11-14/h1-4,15-17H,5-7H2,(H,12,13). The number of aromatic nitrogens is 3. The molecule has 0 amide bonds. The van der Waals surface area contributed by atoms with E-state index in [1.54, 1.807) is 29.0 Å². The molecule has 4 N–H and O–H groups in total. The third-order valence-electron chi connectivity index (χ3n) is 2.56. The van der Waals surface area contributed by atoms with Crippen molar-refractivity contribution >= 4 is 11.5 Å². The number of hydrogen-bond acceptors (Lipinski definition) is 6. The molecule has 0 atom stereocenters. The fourth-order valence-electron chi connectivity index (χ4n) is 1.42. The molecule has 0 radical (unpaired) electrons. The molecular weight excluding hydrogens is 224 g/mol. The van der Waals surface area contributed by atoms with Crippen LogP contribution in [0, 0.1) is 0 Å². The molecule has 0 aliphatic heterocycles. The quantitative estimate of drug-likeness (QED) is 0.525. The van der Waals surface area contributed by atoms with Crippen molar-refractivity contribution in [3.63, 3.8) is 0 Å². The van der Waals surface area contributed by atoms with Crippen molar-refractivity contribution < 1.29 is 15.3 Å². The Labute approximate surface area is 97.3 Å². The van der Waals surface area contributed by atoms with E-state index in [1.807, 2.05) is 0 Å². The fraction of sp³-hybridized carbons (Fsp3) is 0.400. The van der Waals surface area contributed by atoms with Gasteiger partial charge < -0.3 is 20.6 Å². The second kappa shape index (κ2) is 4.66. The maximum atomic E-state index is 9.18. The van der Waals surface area contributed by atoms with E-state index < -0.39 is 25.4 Å². The molecular formula is C10H14N4O3. The predicted molar refractivity (Wildman–Crippen MR) is 60.6 cm³/mol. The van der Waals surface area contributed by atoms with E-state index in [9.17, 15) is 15.3 Å². The van der Waals surface area contributed by atoms with Gasteiger partial charge in [0.1, 0.15) is 11.4 Å². The number of hydrogen-bond donors (Lipinski definition) is 4. The zero-order chi connectivity index (χ0) is 12.3. The van der Waals surface area contributed by atoms with E-state index in [2.05, 4.69) is 15.4 Å². The molecule has 2 rings (SSSR count). The van der Waals surface area contributed by atoms with Gasteiger partial charge in [0, 0.05) is 12.3 Å². The molecule has 0 fully saturated rings. The largest absolute Gasteiger partial charge is 0.394 e. The first-order valence-corrected chi connectivity index (χ1v) is 5.14. The van der Waals surface area contributed by atoms with Crippen LogP contribution in [0.15, 0.2) is 24.5 Å². The number of rotatable bonds is 5. The van der Waals surface area contributed by atoms with Gasteiger partial charge >= 0.3 is 0 Å². The van der Waals surface area contributed by atoms with Gasteiger partial charge in [-0.25, -0.2) is 9.50 Å². The average Bonchev–Trinajstić information content (AvgIpc) is 2.83. The summed E-state index contributed by atoms with van der Waals surface area (Å²) in [5.74, 6) is 0.454. The van der Waals surface area contributed by atoms with Gasteiger partial charge in [-0.15, -0.1) is 0 Å². The van der Waals surface area contributed by atoms with Crippen molar-refractivity contribution in [3.8, 4) is 0 Å². The summed E-state index contributed by atoms with van der Waals surface area (Å²) in [7, 11) is 0. The third-order valence-corrected chi connectivity index (χ3v) is 2.56. The Morgan fingerprint density at radius 2 is 1.88 bits per heavy atom. The Balaban J connectivity index is 2.27. The first-order valence-electron chi connectivity index (χ1n) is 5.14. The Kier molecular flexibility index (Phi) is 3.23. The lowest BCUT2D eigenvalue weighted by Gasteiger charge is -2.29. The van der Waals surface area contributed by atoms with Crippen molar-refractivity contribution in [2.24, 2.45) is 0 Å². The Morgan fingerprint density at radius 3 is 2.53 bits per heavy atom. The minimum Gasteiger partial charge on any atom is -0.394 e. The van der Waals surface area contributed by atoms with Gasteiger partial charge in [0.15, 0.2) is 5.65 Å². The van der Waals surface area contributed by atoms with E-state index in [4.69, 9.17) is 0 Å². The fourth-order valence-corrected chi connectivity index (χ4v) is 1.42. The highest BCUT2D eigenvalue weighted by atomic mass is 16.3. The normalized spacial score (nSPS) is 11.9. The monoisotopic (exact) mass is 238 g/mol. The summed E-state index contributed by atoms with van der Waals surface area (Å²) in [6.45, 7) is -1.19. The first kappa shape index (κ1) is 11.8. The van der Waals surface area contributed by atoms with Crippen LogP contribution in [0.2, 0.25) is 0 Å². The van der Waals surface area contributed by atoms with E-state index in [1.165, 1.54) is 0 Å². The maximum Gasteiger partial charge on any atom is 0.157 e. The number of aliphatic hydroxyl groups is 3. The molecule has 0 aliphatic carbocycles. The van der Waals surface area contributed by atoms with E-state index in [0.717, 1.165) is 0 Å². The molecule has 0 aromatic carbocycles. The zero-order valence-corrected chi connectivity index (χ0v) is 9.11. The van der Waals surface area contributed by atoms with Crippen LogP contribution >= 0.6 is 0 Å². The van der Waals surface area contributed by atoms with Crippen LogP contribution in [0.25, 0.3) is 5.65 Å². The average molecular weight is 238 g/mol. The first-order chi connectivity index (χ1) is 8.23. The number of fused-ring (bicyclic) bond motifs is 1. The summed E-state index contributed by atoms with van der Waals surface area (Å²) >= 11 is 0. The predicted octanol–water partition coefficient (Wildman–Crippen LogP) is -1.14. The molecule has 7 nitrogen and oxygen atoms in total. The summed E-state index contributed by atoms with van der Waals surface area (Å²) < 4.78 is 1.59. The molecule has 0 unspecified atom stereocenters. The van der Waals surface area contributed by atoms with E-state index in [0.29, 0.717) is 11.5 Å². The van der Waals surface area contributed by atoms with Gasteiger partial charge in [0.05, 0.1) is 26.0 Å². The number of nitrogens with zero attached hydrogens (tertiary/aromatic N) is 3. The van der Waals surface area contributed by atoms with Gasteiger partial charge in [-0.2, -0.15) is 5.10 Å². The Morgan fingerprint density at radius 1 is 1.18 bits per heavy atom. The minimum absolute atomic E-state index is 0.397. The zero-order valence-electron chi connectivity index (χ0n) is 9.11. The number of nitrogens with one attached hydrogen (secondary N) is 1. The molecule has 92 valence electrons. The molecule has 7 heteroatoms. The topological polar surface area (TPSA) is 103 Å². The smallest absolute Gasteiger partial charge is 0.157 e. The highest BCUT2D eigenvalue weighted by Crippen LogP contribution is 2.13. The summed E-state index contributed by atoms with van der Waals surface area (Å²) in [4.78, 5) is 4.22. The van der Waals surface area contributed by atoms with Crippen molar-refractivity contribution in [3.05, 3.63) is 24.5 Å². The Bertz CT molecular complexity index is 487. The van der Waals surface area contributed by atoms with Gasteiger partial charge in [0.25, 0.3) is 0 Å². The lowest BCUT2D eigenvalue weighted by Crippen LogP contribution is -2.49. The SMILES string of the molecule is OCC(CO)(CO)Nc1ccn2nccc2n1. The second-order valence-corrected chi connectivity index (χ2v) is 3.83. The van der Waals surface area contributed by atoms with Crippen molar-refractivity contribution in [2.75, 3.05) is 25.1 Å². The number of anilines is 1. The maximum absolute atomic E-state index is 9.18.